The third-order valence-electron chi connectivity index (χ3n) is 2.01. The average molecular weight is 262 g/mol. The molecule has 0 radical (unpaired) electrons. The second kappa shape index (κ2) is 4.33. The average Bonchev–Trinajstić information content (AvgIpc) is 2.51. The van der Waals surface area contributed by atoms with Crippen LogP contribution in [-0.2, 0) is 0 Å². The maximum absolute atomic E-state index is 5.99. The van der Waals surface area contributed by atoms with Crippen molar-refractivity contribution in [1.82, 2.24) is 0 Å². The van der Waals surface area contributed by atoms with Crippen molar-refractivity contribution in [1.29, 1.82) is 0 Å². The number of fused-ring (bicyclic) bond motifs is 1. The van der Waals surface area contributed by atoms with Crippen LogP contribution in [0, 0.1) is 5.92 Å². The Morgan fingerprint density at radius 3 is 3.00 bits per heavy atom. The lowest BCUT2D eigenvalue weighted by Gasteiger charge is -2.24. The molecule has 0 bridgehead atoms. The summed E-state index contributed by atoms with van der Waals surface area (Å²) in [7, 11) is 0. The number of nitrogens with two attached hydrogens (primary N) is 1. The van der Waals surface area contributed by atoms with E-state index in [1.165, 1.54) is 23.3 Å². The molecule has 0 aliphatic carbocycles. The third kappa shape index (κ3) is 2.30. The fourth-order valence-corrected chi connectivity index (χ4v) is 3.56. The number of nitrogens with zero attached hydrogens (tertiary/aromatic N) is 2. The van der Waals surface area contributed by atoms with E-state index in [0.29, 0.717) is 5.92 Å². The number of hydrogen-bond acceptors (Lipinski definition) is 5. The Labute approximate surface area is 102 Å². The van der Waals surface area contributed by atoms with Gasteiger partial charge in [-0.15, -0.1) is 11.3 Å². The Balaban J connectivity index is 2.24. The molecule has 0 unspecified atom stereocenters. The minimum absolute atomic E-state index is 0.547. The molecule has 15 heavy (non-hydrogen) atoms. The fraction of sp³-hybridized carbons (Fsp3) is 0.444. The minimum Gasteiger partial charge on any atom is -0.263 e. The number of rotatable bonds is 2. The Morgan fingerprint density at radius 2 is 2.33 bits per heavy atom. The fourth-order valence-electron chi connectivity index (χ4n) is 1.35. The molecule has 0 saturated heterocycles. The van der Waals surface area contributed by atoms with E-state index in [2.05, 4.69) is 18.2 Å². The van der Waals surface area contributed by atoms with Crippen LogP contribution in [0.4, 0.5) is 5.69 Å². The monoisotopic (exact) mass is 261 g/mol. The Morgan fingerprint density at radius 1 is 1.60 bits per heavy atom. The summed E-state index contributed by atoms with van der Waals surface area (Å²) in [6.45, 7) is 4.30. The topological polar surface area (TPSA) is 41.6 Å². The highest BCUT2D eigenvalue weighted by atomic mass is 35.5. The molecule has 2 heterocycles. The predicted octanol–water partition coefficient (Wildman–Crippen LogP) is 3.55. The van der Waals surface area contributed by atoms with Crippen LogP contribution in [0.1, 0.15) is 20.3 Å². The molecule has 0 spiro atoms. The summed E-state index contributed by atoms with van der Waals surface area (Å²) in [5.41, 5.74) is 0.973. The first-order valence-electron chi connectivity index (χ1n) is 4.66. The zero-order chi connectivity index (χ0) is 11.0. The Kier molecular flexibility index (Phi) is 3.25. The van der Waals surface area contributed by atoms with E-state index in [9.17, 15) is 0 Å². The van der Waals surface area contributed by atoms with Gasteiger partial charge in [0.25, 0.3) is 0 Å². The van der Waals surface area contributed by atoms with E-state index in [-0.39, 0.29) is 0 Å². The highest BCUT2D eigenvalue weighted by molar-refractivity contribution is 8.00. The van der Waals surface area contributed by atoms with Crippen LogP contribution in [0.25, 0.3) is 0 Å². The van der Waals surface area contributed by atoms with Crippen LogP contribution in [0.2, 0.25) is 4.34 Å². The van der Waals surface area contributed by atoms with Gasteiger partial charge in [0.2, 0.25) is 0 Å². The first kappa shape index (κ1) is 11.3. The molecule has 0 amide bonds. The minimum atomic E-state index is 0.547. The van der Waals surface area contributed by atoms with Crippen molar-refractivity contribution in [3.63, 3.8) is 0 Å². The van der Waals surface area contributed by atoms with Gasteiger partial charge in [0, 0.05) is 18.4 Å². The lowest BCUT2D eigenvalue weighted by atomic mass is 10.1. The van der Waals surface area contributed by atoms with Crippen molar-refractivity contribution in [3.05, 3.63) is 10.4 Å². The summed E-state index contributed by atoms with van der Waals surface area (Å²) < 4.78 is 6.21. The van der Waals surface area contributed by atoms with Gasteiger partial charge >= 0.3 is 0 Å². The van der Waals surface area contributed by atoms with Gasteiger partial charge in [-0.1, -0.05) is 25.4 Å². The second-order valence-corrected chi connectivity index (χ2v) is 6.51. The number of halogens is 1. The van der Waals surface area contributed by atoms with Gasteiger partial charge in [0.05, 0.1) is 10.0 Å². The molecule has 6 heteroatoms. The zero-order valence-electron chi connectivity index (χ0n) is 8.53. The maximum Gasteiger partial charge on any atom is 0.132 e. The molecule has 0 fully saturated rings. The van der Waals surface area contributed by atoms with Crippen molar-refractivity contribution >= 4 is 46.4 Å². The van der Waals surface area contributed by atoms with Crippen LogP contribution in [0.15, 0.2) is 14.7 Å². The summed E-state index contributed by atoms with van der Waals surface area (Å²) in [5.74, 6) is 7.45. The largest absolute Gasteiger partial charge is 0.263 e. The molecule has 1 aliphatic rings. The van der Waals surface area contributed by atoms with Crippen molar-refractivity contribution in [2.45, 2.75) is 24.5 Å². The first-order valence-corrected chi connectivity index (χ1v) is 6.62. The summed E-state index contributed by atoms with van der Waals surface area (Å²) in [4.78, 5) is 0. The lowest BCUT2D eigenvalue weighted by molar-refractivity contribution is 0.677. The third-order valence-corrected chi connectivity index (χ3v) is 4.21. The molecule has 2 N–H and O–H groups in total. The van der Waals surface area contributed by atoms with E-state index in [0.717, 1.165) is 26.5 Å². The van der Waals surface area contributed by atoms with Gasteiger partial charge in [0.1, 0.15) is 10.0 Å². The smallest absolute Gasteiger partial charge is 0.132 e. The van der Waals surface area contributed by atoms with Crippen LogP contribution in [-0.4, -0.2) is 5.84 Å². The molecule has 2 rings (SSSR count). The lowest BCUT2D eigenvalue weighted by Crippen LogP contribution is -2.39. The molecule has 82 valence electrons. The molecule has 3 nitrogen and oxygen atoms in total. The van der Waals surface area contributed by atoms with Gasteiger partial charge < -0.3 is 0 Å². The molecule has 1 aromatic rings. The molecule has 0 atom stereocenters. The standard InChI is InChI=1S/C9H12ClN3S2/c1-5(2)3-8-12-15-9-6(13(8)11)4-7(10)14-9/h4-5H,3,11H2,1-2H3. The van der Waals surface area contributed by atoms with E-state index in [1.54, 1.807) is 5.01 Å². The number of thiophene rings is 1. The molecule has 0 saturated carbocycles. The maximum atomic E-state index is 5.99. The second-order valence-electron chi connectivity index (χ2n) is 3.79. The van der Waals surface area contributed by atoms with Gasteiger partial charge in [-0.05, 0) is 12.0 Å². The summed E-state index contributed by atoms with van der Waals surface area (Å²) in [5, 5.41) is 1.65. The van der Waals surface area contributed by atoms with Gasteiger partial charge in [0.15, 0.2) is 0 Å². The summed E-state index contributed by atoms with van der Waals surface area (Å²) >= 11 is 8.92. The van der Waals surface area contributed by atoms with Gasteiger partial charge in [-0.25, -0.2) is 5.84 Å². The number of hydrogen-bond donors (Lipinski definition) is 1. The Bertz CT molecular complexity index is 400. The summed E-state index contributed by atoms with van der Waals surface area (Å²) in [6.07, 6.45) is 0.885. The van der Waals surface area contributed by atoms with Crippen molar-refractivity contribution < 1.29 is 0 Å². The SMILES string of the molecule is CC(C)CC1=NSc2sc(Cl)cc2N1N. The van der Waals surface area contributed by atoms with Crippen LogP contribution in [0.3, 0.4) is 0 Å². The van der Waals surface area contributed by atoms with Crippen LogP contribution >= 0.6 is 34.9 Å². The normalized spacial score (nSPS) is 15.5. The van der Waals surface area contributed by atoms with E-state index in [1.807, 2.05) is 6.07 Å². The van der Waals surface area contributed by atoms with Gasteiger partial charge in [-0.3, -0.25) is 5.01 Å². The van der Waals surface area contributed by atoms with Crippen LogP contribution in [0.5, 0.6) is 0 Å². The predicted molar refractivity (Wildman–Crippen MR) is 68.7 cm³/mol. The molecule has 0 aromatic carbocycles. The number of anilines is 1. The van der Waals surface area contributed by atoms with E-state index < -0.39 is 0 Å². The van der Waals surface area contributed by atoms with E-state index >= 15 is 0 Å². The van der Waals surface area contributed by atoms with Crippen LogP contribution < -0.4 is 10.9 Å². The van der Waals surface area contributed by atoms with Crippen molar-refractivity contribution in [3.8, 4) is 0 Å². The molecular formula is C9H12ClN3S2. The molecule has 1 aromatic heterocycles. The summed E-state index contributed by atoms with van der Waals surface area (Å²) in [6, 6.07) is 1.89. The molecular weight excluding hydrogens is 250 g/mol. The molecule has 1 aliphatic heterocycles. The van der Waals surface area contributed by atoms with Crippen molar-refractivity contribution in [2.24, 2.45) is 16.2 Å². The van der Waals surface area contributed by atoms with Gasteiger partial charge in [-0.2, -0.15) is 4.40 Å². The highest BCUT2D eigenvalue weighted by Gasteiger charge is 2.22. The van der Waals surface area contributed by atoms with E-state index in [4.69, 9.17) is 17.4 Å². The first-order chi connectivity index (χ1) is 7.08. The highest BCUT2D eigenvalue weighted by Crippen LogP contribution is 2.43. The number of hydrazine groups is 1. The quantitative estimate of drug-likeness (QED) is 0.654. The Hall–Kier alpha value is -0.230. The van der Waals surface area contributed by atoms with Crippen molar-refractivity contribution in [2.75, 3.05) is 5.01 Å². The zero-order valence-corrected chi connectivity index (χ0v) is 10.9. The number of amidine groups is 1.